The quantitative estimate of drug-likeness (QED) is 0.461. The molecule has 0 heterocycles. The third kappa shape index (κ3) is 8.45. The van der Waals surface area contributed by atoms with Gasteiger partial charge in [0.15, 0.2) is 8.32 Å². The lowest BCUT2D eigenvalue weighted by Crippen LogP contribution is -2.40. The Balaban J connectivity index is 4.39. The molecule has 0 radical (unpaired) electrons. The molecule has 3 heteroatoms. The number of unbranched alkanes of at least 4 members (excludes halogenated alkanes) is 1. The largest absolute Gasteiger partial charge is 0.412 e. The number of hydrogen-bond acceptors (Lipinski definition) is 1. The highest BCUT2D eigenvalue weighted by Crippen LogP contribution is 2.27. The minimum Gasteiger partial charge on any atom is -0.412 e. The summed E-state index contributed by atoms with van der Waals surface area (Å²) in [6.45, 7) is 11.3. The SMILES string of the molecule is CCCC[C@@](C)(CC=CI)O[Si](C)(C)C. The van der Waals surface area contributed by atoms with Crippen LogP contribution in [0.15, 0.2) is 10.2 Å². The molecule has 0 saturated heterocycles. The van der Waals surface area contributed by atoms with Crippen LogP contribution in [0.3, 0.4) is 0 Å². The first-order valence-corrected chi connectivity index (χ1v) is 10.4. The molecule has 0 aliphatic rings. The molecule has 1 nitrogen and oxygen atoms in total. The normalized spacial score (nSPS) is 16.9. The van der Waals surface area contributed by atoms with Crippen molar-refractivity contribution in [2.24, 2.45) is 0 Å². The number of rotatable bonds is 7. The Kier molecular flexibility index (Phi) is 7.37. The smallest absolute Gasteiger partial charge is 0.184 e. The van der Waals surface area contributed by atoms with Gasteiger partial charge in [-0.25, -0.2) is 0 Å². The van der Waals surface area contributed by atoms with E-state index in [0.29, 0.717) is 0 Å². The van der Waals surface area contributed by atoms with Gasteiger partial charge in [-0.15, -0.1) is 0 Å². The highest BCUT2D eigenvalue weighted by molar-refractivity contribution is 14.1. The van der Waals surface area contributed by atoms with E-state index in [2.05, 4.69) is 66.2 Å². The molecular weight excluding hydrogens is 315 g/mol. The monoisotopic (exact) mass is 340 g/mol. The molecule has 0 spiro atoms. The van der Waals surface area contributed by atoms with E-state index >= 15 is 0 Å². The fourth-order valence-electron chi connectivity index (χ4n) is 1.78. The van der Waals surface area contributed by atoms with Gasteiger partial charge in [0.2, 0.25) is 0 Å². The van der Waals surface area contributed by atoms with Crippen LogP contribution in [0.5, 0.6) is 0 Å². The molecule has 0 N–H and O–H groups in total. The molecule has 0 aromatic carbocycles. The molecule has 0 aromatic heterocycles. The maximum Gasteiger partial charge on any atom is 0.184 e. The molecular formula is C12H25IOSi. The molecule has 0 rings (SSSR count). The third-order valence-corrected chi connectivity index (χ3v) is 3.86. The van der Waals surface area contributed by atoms with Gasteiger partial charge >= 0.3 is 0 Å². The maximum atomic E-state index is 6.31. The maximum absolute atomic E-state index is 6.31. The van der Waals surface area contributed by atoms with E-state index in [-0.39, 0.29) is 5.60 Å². The van der Waals surface area contributed by atoms with E-state index in [1.165, 1.54) is 19.3 Å². The van der Waals surface area contributed by atoms with Crippen LogP contribution in [0.4, 0.5) is 0 Å². The van der Waals surface area contributed by atoms with E-state index < -0.39 is 8.32 Å². The number of hydrogen-bond donors (Lipinski definition) is 0. The summed E-state index contributed by atoms with van der Waals surface area (Å²) in [7, 11) is -1.43. The minimum atomic E-state index is -1.43. The highest BCUT2D eigenvalue weighted by Gasteiger charge is 2.29. The average Bonchev–Trinajstić information content (AvgIpc) is 2.09. The van der Waals surface area contributed by atoms with E-state index in [9.17, 15) is 0 Å². The zero-order valence-corrected chi connectivity index (χ0v) is 13.9. The average molecular weight is 340 g/mol. The summed E-state index contributed by atoms with van der Waals surface area (Å²) in [4.78, 5) is 0. The molecule has 0 saturated carbocycles. The Morgan fingerprint density at radius 2 is 1.93 bits per heavy atom. The Bertz CT molecular complexity index is 198. The predicted molar refractivity (Wildman–Crippen MR) is 80.1 cm³/mol. The van der Waals surface area contributed by atoms with Gasteiger partial charge in [-0.3, -0.25) is 0 Å². The van der Waals surface area contributed by atoms with Gasteiger partial charge in [-0.2, -0.15) is 0 Å². The van der Waals surface area contributed by atoms with E-state index in [4.69, 9.17) is 4.43 Å². The second-order valence-electron chi connectivity index (χ2n) is 5.33. The summed E-state index contributed by atoms with van der Waals surface area (Å²) >= 11 is 2.28. The van der Waals surface area contributed by atoms with Crippen molar-refractivity contribution in [1.82, 2.24) is 0 Å². The lowest BCUT2D eigenvalue weighted by atomic mass is 9.96. The molecule has 90 valence electrons. The van der Waals surface area contributed by atoms with Gasteiger partial charge in [0, 0.05) is 0 Å². The summed E-state index contributed by atoms with van der Waals surface area (Å²) in [5.74, 6) is 0. The van der Waals surface area contributed by atoms with Gasteiger partial charge in [0.25, 0.3) is 0 Å². The lowest BCUT2D eigenvalue weighted by Gasteiger charge is -2.36. The van der Waals surface area contributed by atoms with E-state index in [1.807, 2.05) is 0 Å². The standard InChI is InChI=1S/C12H25IOSi/c1-6-7-9-12(2,10-8-11-13)14-15(3,4)5/h8,11H,6-7,9-10H2,1-5H3/t12-/m0/s1. The van der Waals surface area contributed by atoms with Crippen molar-refractivity contribution in [3.63, 3.8) is 0 Å². The molecule has 0 amide bonds. The molecule has 1 atom stereocenters. The van der Waals surface area contributed by atoms with Crippen LogP contribution in [-0.2, 0) is 4.43 Å². The minimum absolute atomic E-state index is 0.0577. The van der Waals surface area contributed by atoms with Crippen molar-refractivity contribution < 1.29 is 4.43 Å². The summed E-state index contributed by atoms with van der Waals surface area (Å²) in [6.07, 6.45) is 6.94. The van der Waals surface area contributed by atoms with Gasteiger partial charge in [-0.1, -0.05) is 48.4 Å². The van der Waals surface area contributed by atoms with Gasteiger partial charge < -0.3 is 4.43 Å². The van der Waals surface area contributed by atoms with Crippen LogP contribution < -0.4 is 0 Å². The van der Waals surface area contributed by atoms with Gasteiger partial charge in [0.1, 0.15) is 0 Å². The third-order valence-electron chi connectivity index (χ3n) is 2.25. The molecule has 15 heavy (non-hydrogen) atoms. The Hall–Kier alpha value is 0.647. The van der Waals surface area contributed by atoms with Crippen LogP contribution >= 0.6 is 22.6 Å². The summed E-state index contributed by atoms with van der Waals surface area (Å²) in [6, 6.07) is 0. The topological polar surface area (TPSA) is 9.23 Å². The summed E-state index contributed by atoms with van der Waals surface area (Å²) in [5, 5.41) is 0. The first kappa shape index (κ1) is 15.6. The molecule has 0 bridgehead atoms. The molecule has 0 aliphatic heterocycles. The zero-order valence-electron chi connectivity index (χ0n) is 10.8. The van der Waals surface area contributed by atoms with E-state index in [0.717, 1.165) is 6.42 Å². The molecule has 0 aliphatic carbocycles. The van der Waals surface area contributed by atoms with Crippen molar-refractivity contribution in [3.8, 4) is 0 Å². The van der Waals surface area contributed by atoms with Crippen LogP contribution in [0.1, 0.15) is 39.5 Å². The van der Waals surface area contributed by atoms with Crippen molar-refractivity contribution in [2.45, 2.75) is 64.8 Å². The molecule has 0 fully saturated rings. The van der Waals surface area contributed by atoms with Crippen LogP contribution in [-0.4, -0.2) is 13.9 Å². The number of halogens is 1. The van der Waals surface area contributed by atoms with Crippen molar-refractivity contribution in [2.75, 3.05) is 0 Å². The van der Waals surface area contributed by atoms with Gasteiger partial charge in [0.05, 0.1) is 5.60 Å². The van der Waals surface area contributed by atoms with Crippen molar-refractivity contribution in [3.05, 3.63) is 10.2 Å². The van der Waals surface area contributed by atoms with Crippen molar-refractivity contribution >= 4 is 30.9 Å². The van der Waals surface area contributed by atoms with Gasteiger partial charge in [-0.05, 0) is 43.5 Å². The van der Waals surface area contributed by atoms with Crippen molar-refractivity contribution in [1.29, 1.82) is 0 Å². The zero-order chi connectivity index (χ0) is 11.9. The van der Waals surface area contributed by atoms with Crippen LogP contribution in [0, 0.1) is 0 Å². The van der Waals surface area contributed by atoms with E-state index in [1.54, 1.807) is 0 Å². The van der Waals surface area contributed by atoms with Crippen LogP contribution in [0.25, 0.3) is 0 Å². The first-order valence-electron chi connectivity index (χ1n) is 5.78. The Morgan fingerprint density at radius 3 is 2.33 bits per heavy atom. The fraction of sp³-hybridized carbons (Fsp3) is 0.833. The second-order valence-corrected chi connectivity index (χ2v) is 10.5. The first-order chi connectivity index (χ1) is 6.83. The van der Waals surface area contributed by atoms with Crippen LogP contribution in [0.2, 0.25) is 19.6 Å². The Labute approximate surface area is 110 Å². The second kappa shape index (κ2) is 7.07. The lowest BCUT2D eigenvalue weighted by molar-refractivity contribution is 0.0716. The molecule has 0 aromatic rings. The Morgan fingerprint density at radius 1 is 1.33 bits per heavy atom. The summed E-state index contributed by atoms with van der Waals surface area (Å²) < 4.78 is 8.41. The summed E-state index contributed by atoms with van der Waals surface area (Å²) in [5.41, 5.74) is 0.0577. The molecule has 0 unspecified atom stereocenters. The highest BCUT2D eigenvalue weighted by atomic mass is 127. The fourth-order valence-corrected chi connectivity index (χ4v) is 3.70. The predicted octanol–water partition coefficient (Wildman–Crippen LogP) is 5.13.